The Bertz CT molecular complexity index is 930. The number of carbonyl (C=O) groups excluding carboxylic acids is 1. The first-order chi connectivity index (χ1) is 16.0. The molecule has 2 saturated carbocycles. The summed E-state index contributed by atoms with van der Waals surface area (Å²) in [5, 5.41) is 0. The Labute approximate surface area is 197 Å². The Morgan fingerprint density at radius 3 is 2.00 bits per heavy atom. The van der Waals surface area contributed by atoms with Gasteiger partial charge in [-0.2, -0.15) is 4.31 Å². The second kappa shape index (κ2) is 9.82. The van der Waals surface area contributed by atoms with Gasteiger partial charge in [-0.1, -0.05) is 25.7 Å². The molecule has 1 aromatic carbocycles. The van der Waals surface area contributed by atoms with Crippen molar-refractivity contribution in [2.45, 2.75) is 87.6 Å². The van der Waals surface area contributed by atoms with Gasteiger partial charge in [0.2, 0.25) is 15.9 Å². The third-order valence-corrected chi connectivity index (χ3v) is 9.75. The van der Waals surface area contributed by atoms with Gasteiger partial charge >= 0.3 is 0 Å². The number of sulfonamides is 1. The number of benzene rings is 1. The van der Waals surface area contributed by atoms with E-state index >= 15 is 0 Å². The van der Waals surface area contributed by atoms with Crippen molar-refractivity contribution in [1.82, 2.24) is 9.21 Å². The number of hydrogen-bond donors (Lipinski definition) is 0. The minimum Gasteiger partial charge on any atom is -0.490 e. The third-order valence-electron chi connectivity index (χ3n) is 7.85. The molecule has 182 valence electrons. The van der Waals surface area contributed by atoms with Crippen LogP contribution in [0.2, 0.25) is 0 Å². The summed E-state index contributed by atoms with van der Waals surface area (Å²) < 4.78 is 39.5. The molecule has 1 aromatic rings. The van der Waals surface area contributed by atoms with Crippen LogP contribution in [0, 0.1) is 5.92 Å². The molecule has 0 unspecified atom stereocenters. The fraction of sp³-hybridized carbons (Fsp3) is 0.720. The number of carbonyl (C=O) groups is 1. The molecule has 3 fully saturated rings. The molecule has 0 spiro atoms. The number of fused-ring (bicyclic) bond motifs is 1. The number of amides is 1. The lowest BCUT2D eigenvalue weighted by atomic mass is 9.94. The summed E-state index contributed by atoms with van der Waals surface area (Å²) in [7, 11) is -3.64. The van der Waals surface area contributed by atoms with Crippen LogP contribution < -0.4 is 9.47 Å². The van der Waals surface area contributed by atoms with E-state index in [4.69, 9.17) is 9.47 Å². The highest BCUT2D eigenvalue weighted by Crippen LogP contribution is 2.36. The maximum absolute atomic E-state index is 13.6. The number of nitrogens with zero attached hydrogens (tertiary/aromatic N) is 2. The topological polar surface area (TPSA) is 76.2 Å². The molecule has 2 aliphatic carbocycles. The third kappa shape index (κ3) is 4.74. The second-order valence-electron chi connectivity index (χ2n) is 9.96. The highest BCUT2D eigenvalue weighted by atomic mass is 32.2. The smallest absolute Gasteiger partial charge is 0.243 e. The van der Waals surface area contributed by atoms with Crippen LogP contribution in [0.5, 0.6) is 11.5 Å². The van der Waals surface area contributed by atoms with Crippen molar-refractivity contribution in [3.05, 3.63) is 18.2 Å². The zero-order chi connectivity index (χ0) is 22.8. The van der Waals surface area contributed by atoms with Gasteiger partial charge in [-0.3, -0.25) is 4.79 Å². The molecule has 7 nitrogen and oxygen atoms in total. The van der Waals surface area contributed by atoms with Crippen LogP contribution in [0.3, 0.4) is 0 Å². The predicted octanol–water partition coefficient (Wildman–Crippen LogP) is 3.96. The molecule has 5 rings (SSSR count). The van der Waals surface area contributed by atoms with Crippen molar-refractivity contribution in [1.29, 1.82) is 0 Å². The molecule has 2 heterocycles. The highest BCUT2D eigenvalue weighted by Gasteiger charge is 2.39. The van der Waals surface area contributed by atoms with Crippen molar-refractivity contribution >= 4 is 15.9 Å². The first-order valence-electron chi connectivity index (χ1n) is 12.8. The Kier molecular flexibility index (Phi) is 6.84. The Morgan fingerprint density at radius 1 is 0.818 bits per heavy atom. The van der Waals surface area contributed by atoms with E-state index in [2.05, 4.69) is 4.90 Å². The molecule has 0 bridgehead atoms. The first-order valence-corrected chi connectivity index (χ1v) is 14.2. The average molecular weight is 477 g/mol. The maximum Gasteiger partial charge on any atom is 0.243 e. The molecular formula is C25H36N2O5S. The zero-order valence-corrected chi connectivity index (χ0v) is 20.2. The van der Waals surface area contributed by atoms with Crippen molar-refractivity contribution in [3.8, 4) is 11.5 Å². The van der Waals surface area contributed by atoms with Gasteiger partial charge < -0.3 is 14.4 Å². The predicted molar refractivity (Wildman–Crippen MR) is 125 cm³/mol. The Balaban J connectivity index is 1.26. The van der Waals surface area contributed by atoms with Gasteiger partial charge in [-0.15, -0.1) is 0 Å². The summed E-state index contributed by atoms with van der Waals surface area (Å²) in [6.07, 6.45) is 11.3. The minimum atomic E-state index is -3.64. The number of ether oxygens (including phenoxy) is 2. The lowest BCUT2D eigenvalue weighted by molar-refractivity contribution is -0.141. The van der Waals surface area contributed by atoms with E-state index in [1.807, 2.05) is 0 Å². The van der Waals surface area contributed by atoms with Crippen LogP contribution in [0.25, 0.3) is 0 Å². The number of piperidine rings is 1. The van der Waals surface area contributed by atoms with E-state index in [9.17, 15) is 13.2 Å². The fourth-order valence-corrected chi connectivity index (χ4v) is 7.52. The van der Waals surface area contributed by atoms with Gasteiger partial charge in [0.05, 0.1) is 18.1 Å². The van der Waals surface area contributed by atoms with E-state index in [1.54, 1.807) is 18.2 Å². The first kappa shape index (κ1) is 23.0. The lowest BCUT2D eigenvalue weighted by Gasteiger charge is -2.39. The van der Waals surface area contributed by atoms with Gasteiger partial charge in [0.15, 0.2) is 11.5 Å². The van der Waals surface area contributed by atoms with Crippen molar-refractivity contribution < 1.29 is 22.7 Å². The van der Waals surface area contributed by atoms with Crippen LogP contribution in [-0.4, -0.2) is 61.9 Å². The van der Waals surface area contributed by atoms with E-state index < -0.39 is 10.0 Å². The standard InChI is InChI=1S/C25H36N2O5S/c28-25(27(20-6-1-2-7-20)21-8-3-4-9-21)19-12-14-26(15-13-19)33(29,30)22-10-11-23-24(18-22)32-17-5-16-31-23/h10-11,18-21H,1-9,12-17H2. The van der Waals surface area contributed by atoms with Gasteiger partial charge in [0, 0.05) is 43.6 Å². The van der Waals surface area contributed by atoms with E-state index in [0.29, 0.717) is 62.7 Å². The SMILES string of the molecule is O=C(C1CCN(S(=O)(=O)c2ccc3c(c2)OCCCO3)CC1)N(C1CCCC1)C1CCCC1. The van der Waals surface area contributed by atoms with Crippen molar-refractivity contribution in [2.24, 2.45) is 5.92 Å². The quantitative estimate of drug-likeness (QED) is 0.643. The summed E-state index contributed by atoms with van der Waals surface area (Å²) in [4.78, 5) is 16.1. The summed E-state index contributed by atoms with van der Waals surface area (Å²) in [6.45, 7) is 1.86. The van der Waals surface area contributed by atoms with Crippen LogP contribution in [0.15, 0.2) is 23.1 Å². The second-order valence-corrected chi connectivity index (χ2v) is 11.9. The number of rotatable bonds is 5. The number of hydrogen-bond acceptors (Lipinski definition) is 5. The minimum absolute atomic E-state index is 0.0681. The van der Waals surface area contributed by atoms with E-state index in [-0.39, 0.29) is 16.7 Å². The molecule has 2 aliphatic heterocycles. The summed E-state index contributed by atoms with van der Waals surface area (Å²) >= 11 is 0. The van der Waals surface area contributed by atoms with Crippen LogP contribution >= 0.6 is 0 Å². The van der Waals surface area contributed by atoms with Gasteiger partial charge in [-0.05, 0) is 50.7 Å². The molecule has 33 heavy (non-hydrogen) atoms. The average Bonchev–Trinajstić information content (AvgIpc) is 3.50. The molecule has 0 N–H and O–H groups in total. The molecule has 0 atom stereocenters. The van der Waals surface area contributed by atoms with E-state index in [1.165, 1.54) is 30.0 Å². The zero-order valence-electron chi connectivity index (χ0n) is 19.4. The Morgan fingerprint density at radius 2 is 1.39 bits per heavy atom. The van der Waals surface area contributed by atoms with Gasteiger partial charge in [-0.25, -0.2) is 8.42 Å². The van der Waals surface area contributed by atoms with Crippen molar-refractivity contribution in [3.63, 3.8) is 0 Å². The lowest BCUT2D eigenvalue weighted by Crippen LogP contribution is -2.50. The van der Waals surface area contributed by atoms with Gasteiger partial charge in [0.25, 0.3) is 0 Å². The van der Waals surface area contributed by atoms with Crippen LogP contribution in [0.1, 0.15) is 70.6 Å². The molecule has 1 amide bonds. The molecule has 4 aliphatic rings. The summed E-state index contributed by atoms with van der Waals surface area (Å²) in [5.74, 6) is 1.29. The normalized spacial score (nSPS) is 23.5. The Hall–Kier alpha value is -1.80. The highest BCUT2D eigenvalue weighted by molar-refractivity contribution is 7.89. The summed E-state index contributed by atoms with van der Waals surface area (Å²) in [6, 6.07) is 5.65. The molecule has 0 radical (unpaired) electrons. The molecule has 0 aromatic heterocycles. The molecule has 1 saturated heterocycles. The fourth-order valence-electron chi connectivity index (χ4n) is 6.03. The van der Waals surface area contributed by atoms with Gasteiger partial charge in [0.1, 0.15) is 0 Å². The van der Waals surface area contributed by atoms with Crippen molar-refractivity contribution in [2.75, 3.05) is 26.3 Å². The monoisotopic (exact) mass is 476 g/mol. The molecule has 8 heteroatoms. The maximum atomic E-state index is 13.6. The van der Waals surface area contributed by atoms with Crippen LogP contribution in [-0.2, 0) is 14.8 Å². The summed E-state index contributed by atoms with van der Waals surface area (Å²) in [5.41, 5.74) is 0. The van der Waals surface area contributed by atoms with Crippen LogP contribution in [0.4, 0.5) is 0 Å². The largest absolute Gasteiger partial charge is 0.490 e. The van der Waals surface area contributed by atoms with E-state index in [0.717, 1.165) is 32.1 Å². The molecular weight excluding hydrogens is 440 g/mol.